The fourth-order valence-corrected chi connectivity index (χ4v) is 5.05. The average molecular weight is 534 g/mol. The number of piperidine rings is 1. The molecule has 0 aromatic heterocycles. The Kier molecular flexibility index (Phi) is 8.20. The molecule has 192 valence electrons. The molecule has 2 aliphatic heterocycles. The number of carbonyl (C=O) groups excluding carboxylic acids is 3. The summed E-state index contributed by atoms with van der Waals surface area (Å²) in [6, 6.07) is 11.3. The van der Waals surface area contributed by atoms with Crippen LogP contribution in [0.25, 0.3) is 0 Å². The molecule has 36 heavy (non-hydrogen) atoms. The van der Waals surface area contributed by atoms with Crippen LogP contribution in [0.5, 0.6) is 0 Å². The van der Waals surface area contributed by atoms with Crippen molar-refractivity contribution in [1.29, 1.82) is 0 Å². The zero-order chi connectivity index (χ0) is 25.9. The van der Waals surface area contributed by atoms with E-state index in [1.807, 2.05) is 19.1 Å². The number of amides is 3. The largest absolute Gasteiger partial charge is 0.383 e. The molecule has 0 unspecified atom stereocenters. The minimum Gasteiger partial charge on any atom is -0.383 e. The molecule has 4 rings (SSSR count). The van der Waals surface area contributed by atoms with Crippen molar-refractivity contribution in [3.05, 3.63) is 69.2 Å². The molecule has 2 aromatic rings. The second-order valence-corrected chi connectivity index (χ2v) is 9.84. The first-order valence-electron chi connectivity index (χ1n) is 11.8. The molecule has 1 atom stereocenters. The first-order valence-corrected chi connectivity index (χ1v) is 12.6. The maximum absolute atomic E-state index is 13.8. The standard InChI is InChI=1S/C26H29Cl2N3O5/c1-17-4-3-5-18(14-17)25(34)31-22(23(32)29-10-13-35-2)16-36-26(31)8-11-30(12-9-26)24(33)19-6-7-20(27)21(28)15-19/h3-7,14-15,22H,8-13,16H2,1-2H3,(H,29,32)/t22-/m0/s1. The number of halogens is 2. The molecule has 2 aliphatic rings. The molecule has 3 amide bonds. The van der Waals surface area contributed by atoms with Crippen molar-refractivity contribution >= 4 is 40.9 Å². The van der Waals surface area contributed by atoms with Gasteiger partial charge in [0, 0.05) is 50.7 Å². The van der Waals surface area contributed by atoms with E-state index in [0.29, 0.717) is 60.3 Å². The van der Waals surface area contributed by atoms with Crippen LogP contribution in [0.1, 0.15) is 39.1 Å². The zero-order valence-corrected chi connectivity index (χ0v) is 21.8. The molecule has 0 saturated carbocycles. The quantitative estimate of drug-likeness (QED) is 0.573. The van der Waals surface area contributed by atoms with Crippen LogP contribution in [-0.4, -0.2) is 79.2 Å². The number of hydrogen-bond acceptors (Lipinski definition) is 5. The summed E-state index contributed by atoms with van der Waals surface area (Å²) in [5, 5.41) is 3.52. The minimum absolute atomic E-state index is 0.0805. The highest BCUT2D eigenvalue weighted by Gasteiger charge is 2.54. The van der Waals surface area contributed by atoms with Crippen molar-refractivity contribution in [3.8, 4) is 0 Å². The van der Waals surface area contributed by atoms with Gasteiger partial charge in [-0.1, -0.05) is 40.9 Å². The van der Waals surface area contributed by atoms with Crippen LogP contribution in [0, 0.1) is 6.92 Å². The second kappa shape index (κ2) is 11.2. The minimum atomic E-state index is -0.988. The van der Waals surface area contributed by atoms with Gasteiger partial charge in [0.25, 0.3) is 11.8 Å². The predicted octanol–water partition coefficient (Wildman–Crippen LogP) is 3.54. The summed E-state index contributed by atoms with van der Waals surface area (Å²) >= 11 is 12.1. The Morgan fingerprint density at radius 1 is 1.06 bits per heavy atom. The number of nitrogens with one attached hydrogen (secondary N) is 1. The van der Waals surface area contributed by atoms with E-state index in [1.54, 1.807) is 47.2 Å². The van der Waals surface area contributed by atoms with Gasteiger partial charge in [-0.2, -0.15) is 0 Å². The number of aryl methyl sites for hydroxylation is 1. The first kappa shape index (κ1) is 26.4. The van der Waals surface area contributed by atoms with Gasteiger partial charge in [0.15, 0.2) is 0 Å². The molecule has 2 saturated heterocycles. The highest BCUT2D eigenvalue weighted by molar-refractivity contribution is 6.42. The summed E-state index contributed by atoms with van der Waals surface area (Å²) in [7, 11) is 1.56. The van der Waals surface area contributed by atoms with Crippen LogP contribution in [0.4, 0.5) is 0 Å². The zero-order valence-electron chi connectivity index (χ0n) is 20.3. The second-order valence-electron chi connectivity index (χ2n) is 9.02. The number of ether oxygens (including phenoxy) is 2. The Bertz CT molecular complexity index is 1150. The Morgan fingerprint density at radius 3 is 2.44 bits per heavy atom. The highest BCUT2D eigenvalue weighted by atomic mass is 35.5. The molecule has 8 nitrogen and oxygen atoms in total. The fraction of sp³-hybridized carbons (Fsp3) is 0.423. The first-order chi connectivity index (χ1) is 17.3. The smallest absolute Gasteiger partial charge is 0.256 e. The molecule has 0 aliphatic carbocycles. The van der Waals surface area contributed by atoms with E-state index in [9.17, 15) is 14.4 Å². The maximum Gasteiger partial charge on any atom is 0.256 e. The van der Waals surface area contributed by atoms with E-state index < -0.39 is 11.8 Å². The normalized spacial score (nSPS) is 18.9. The third-order valence-corrected chi connectivity index (χ3v) is 7.39. The number of methoxy groups -OCH3 is 1. The third-order valence-electron chi connectivity index (χ3n) is 6.65. The molecular weight excluding hydrogens is 505 g/mol. The topological polar surface area (TPSA) is 88.2 Å². The van der Waals surface area contributed by atoms with Gasteiger partial charge in [-0.25, -0.2) is 0 Å². The Morgan fingerprint density at radius 2 is 1.78 bits per heavy atom. The number of rotatable bonds is 6. The molecule has 2 fully saturated rings. The van der Waals surface area contributed by atoms with E-state index in [0.717, 1.165) is 5.56 Å². The third kappa shape index (κ3) is 5.37. The van der Waals surface area contributed by atoms with Crippen molar-refractivity contribution in [2.24, 2.45) is 0 Å². The van der Waals surface area contributed by atoms with Crippen molar-refractivity contribution in [3.63, 3.8) is 0 Å². The van der Waals surface area contributed by atoms with Gasteiger partial charge in [0.2, 0.25) is 5.91 Å². The van der Waals surface area contributed by atoms with Gasteiger partial charge in [-0.15, -0.1) is 0 Å². The molecular formula is C26H29Cl2N3O5. The van der Waals surface area contributed by atoms with Gasteiger partial charge in [0.05, 0.1) is 23.3 Å². The number of likely N-dealkylation sites (tertiary alicyclic amines) is 1. The number of nitrogens with zero attached hydrogens (tertiary/aromatic N) is 2. The van der Waals surface area contributed by atoms with Crippen LogP contribution < -0.4 is 5.32 Å². The molecule has 2 aromatic carbocycles. The van der Waals surface area contributed by atoms with E-state index in [-0.39, 0.29) is 24.3 Å². The fourth-order valence-electron chi connectivity index (χ4n) is 4.75. The number of carbonyl (C=O) groups is 3. The molecule has 2 heterocycles. The van der Waals surface area contributed by atoms with E-state index >= 15 is 0 Å². The summed E-state index contributed by atoms with van der Waals surface area (Å²) < 4.78 is 11.2. The van der Waals surface area contributed by atoms with Crippen LogP contribution >= 0.6 is 23.2 Å². The SMILES string of the molecule is COCCNC(=O)[C@@H]1COC2(CCN(C(=O)c3ccc(Cl)c(Cl)c3)CC2)N1C(=O)c1cccc(C)c1. The summed E-state index contributed by atoms with van der Waals surface area (Å²) in [5.74, 6) is -0.738. The lowest BCUT2D eigenvalue weighted by molar-refractivity contribution is -0.128. The predicted molar refractivity (Wildman–Crippen MR) is 136 cm³/mol. The summed E-state index contributed by atoms with van der Waals surface area (Å²) in [5.41, 5.74) is 0.885. The number of hydrogen-bond donors (Lipinski definition) is 1. The lowest BCUT2D eigenvalue weighted by Gasteiger charge is -2.44. The Labute approximate surface area is 220 Å². The molecule has 1 N–H and O–H groups in total. The molecule has 0 bridgehead atoms. The van der Waals surface area contributed by atoms with Crippen LogP contribution in [-0.2, 0) is 14.3 Å². The lowest BCUT2D eigenvalue weighted by Crippen LogP contribution is -2.60. The average Bonchev–Trinajstić information content (AvgIpc) is 3.24. The van der Waals surface area contributed by atoms with Crippen LogP contribution in [0.3, 0.4) is 0 Å². The van der Waals surface area contributed by atoms with Gasteiger partial charge in [-0.05, 0) is 37.3 Å². The molecule has 0 radical (unpaired) electrons. The highest BCUT2D eigenvalue weighted by Crippen LogP contribution is 2.39. The summed E-state index contributed by atoms with van der Waals surface area (Å²) in [4.78, 5) is 43.2. The monoisotopic (exact) mass is 533 g/mol. The Hall–Kier alpha value is -2.65. The van der Waals surface area contributed by atoms with E-state index in [1.165, 1.54) is 0 Å². The number of benzene rings is 2. The van der Waals surface area contributed by atoms with Gasteiger partial charge >= 0.3 is 0 Å². The van der Waals surface area contributed by atoms with Crippen LogP contribution in [0.2, 0.25) is 10.0 Å². The van der Waals surface area contributed by atoms with E-state index in [2.05, 4.69) is 5.32 Å². The lowest BCUT2D eigenvalue weighted by atomic mass is 9.96. The Balaban J connectivity index is 1.56. The van der Waals surface area contributed by atoms with Gasteiger partial charge < -0.3 is 19.7 Å². The van der Waals surface area contributed by atoms with Crippen molar-refractivity contribution < 1.29 is 23.9 Å². The van der Waals surface area contributed by atoms with Crippen molar-refractivity contribution in [2.75, 3.05) is 40.0 Å². The van der Waals surface area contributed by atoms with Crippen molar-refractivity contribution in [2.45, 2.75) is 31.5 Å². The molecule has 1 spiro atoms. The molecule has 10 heteroatoms. The van der Waals surface area contributed by atoms with Gasteiger partial charge in [-0.3, -0.25) is 19.3 Å². The maximum atomic E-state index is 13.8. The summed E-state index contributed by atoms with van der Waals surface area (Å²) in [6.45, 7) is 3.40. The summed E-state index contributed by atoms with van der Waals surface area (Å²) in [6.07, 6.45) is 0.749. The van der Waals surface area contributed by atoms with E-state index in [4.69, 9.17) is 32.7 Å². The van der Waals surface area contributed by atoms with Gasteiger partial charge in [0.1, 0.15) is 11.8 Å². The van der Waals surface area contributed by atoms with Crippen LogP contribution in [0.15, 0.2) is 42.5 Å². The van der Waals surface area contributed by atoms with Crippen molar-refractivity contribution in [1.82, 2.24) is 15.1 Å².